The first-order chi connectivity index (χ1) is 10.6. The summed E-state index contributed by atoms with van der Waals surface area (Å²) in [6.45, 7) is 4.66. The zero-order valence-corrected chi connectivity index (χ0v) is 13.9. The highest BCUT2D eigenvalue weighted by molar-refractivity contribution is 7.13. The molecule has 116 valence electrons. The zero-order valence-electron chi connectivity index (χ0n) is 13.1. The predicted octanol–water partition coefficient (Wildman–Crippen LogP) is 3.17. The molecule has 3 heterocycles. The molecular weight excluding hydrogens is 296 g/mol. The van der Waals surface area contributed by atoms with Crippen molar-refractivity contribution in [3.8, 4) is 0 Å². The van der Waals surface area contributed by atoms with Gasteiger partial charge in [-0.2, -0.15) is 0 Å². The van der Waals surface area contributed by atoms with E-state index in [4.69, 9.17) is 0 Å². The maximum Gasteiger partial charge on any atom is 0.266 e. The average molecular weight is 316 g/mol. The van der Waals surface area contributed by atoms with Crippen LogP contribution < -0.4 is 5.32 Å². The summed E-state index contributed by atoms with van der Waals surface area (Å²) < 4.78 is 0. The number of likely N-dealkylation sites (tertiary alicyclic amines) is 1. The molecule has 22 heavy (non-hydrogen) atoms. The SMILES string of the molecule is CNc1cc([C@H]2CCCN2C(=O)c2sc(C)nc2C)ccn1. The summed E-state index contributed by atoms with van der Waals surface area (Å²) in [4.78, 5) is 24.3. The minimum Gasteiger partial charge on any atom is -0.373 e. The van der Waals surface area contributed by atoms with Gasteiger partial charge in [-0.3, -0.25) is 4.79 Å². The zero-order chi connectivity index (χ0) is 15.7. The Bertz CT molecular complexity index is 697. The number of thiazole rings is 1. The second kappa shape index (κ2) is 6.04. The van der Waals surface area contributed by atoms with Gasteiger partial charge < -0.3 is 10.2 Å². The summed E-state index contributed by atoms with van der Waals surface area (Å²) in [5.41, 5.74) is 1.98. The Morgan fingerprint density at radius 3 is 2.95 bits per heavy atom. The molecule has 0 radical (unpaired) electrons. The standard InChI is InChI=1S/C16H20N4OS/c1-10-15(22-11(2)19-10)16(21)20-8-4-5-13(20)12-6-7-18-14(9-12)17-3/h6-7,9,13H,4-5,8H2,1-3H3,(H,17,18)/t13-/m1/s1. The van der Waals surface area contributed by atoms with Crippen LogP contribution in [-0.4, -0.2) is 34.4 Å². The van der Waals surface area contributed by atoms with Gasteiger partial charge in [-0.05, 0) is 44.4 Å². The number of nitrogens with one attached hydrogen (secondary N) is 1. The lowest BCUT2D eigenvalue weighted by atomic mass is 10.1. The van der Waals surface area contributed by atoms with Crippen molar-refractivity contribution in [1.29, 1.82) is 0 Å². The number of amides is 1. The number of aromatic nitrogens is 2. The second-order valence-corrected chi connectivity index (χ2v) is 6.73. The molecule has 1 amide bonds. The van der Waals surface area contributed by atoms with Gasteiger partial charge in [-0.25, -0.2) is 9.97 Å². The van der Waals surface area contributed by atoms with Crippen LogP contribution in [0, 0.1) is 13.8 Å². The van der Waals surface area contributed by atoms with E-state index in [-0.39, 0.29) is 11.9 Å². The highest BCUT2D eigenvalue weighted by atomic mass is 32.1. The molecular formula is C16H20N4OS. The van der Waals surface area contributed by atoms with Gasteiger partial charge in [0, 0.05) is 19.8 Å². The van der Waals surface area contributed by atoms with Gasteiger partial charge in [0.25, 0.3) is 5.91 Å². The molecule has 0 bridgehead atoms. The topological polar surface area (TPSA) is 58.1 Å². The minimum absolute atomic E-state index is 0.105. The van der Waals surface area contributed by atoms with E-state index in [0.717, 1.165) is 46.3 Å². The lowest BCUT2D eigenvalue weighted by Gasteiger charge is -2.25. The third-order valence-corrected chi connectivity index (χ3v) is 5.10. The molecule has 1 atom stereocenters. The van der Waals surface area contributed by atoms with Crippen molar-refractivity contribution in [3.63, 3.8) is 0 Å². The molecule has 0 spiro atoms. The quantitative estimate of drug-likeness (QED) is 0.945. The third kappa shape index (κ3) is 2.70. The first-order valence-electron chi connectivity index (χ1n) is 7.49. The van der Waals surface area contributed by atoms with Gasteiger partial charge in [0.15, 0.2) is 0 Å². The van der Waals surface area contributed by atoms with E-state index < -0.39 is 0 Å². The third-order valence-electron chi connectivity index (χ3n) is 4.04. The van der Waals surface area contributed by atoms with Crippen molar-refractivity contribution < 1.29 is 4.79 Å². The van der Waals surface area contributed by atoms with E-state index in [1.54, 1.807) is 6.20 Å². The Morgan fingerprint density at radius 1 is 1.45 bits per heavy atom. The van der Waals surface area contributed by atoms with Gasteiger partial charge >= 0.3 is 0 Å². The summed E-state index contributed by atoms with van der Waals surface area (Å²) in [5, 5.41) is 4.00. The van der Waals surface area contributed by atoms with Gasteiger partial charge in [0.05, 0.1) is 16.7 Å². The molecule has 1 N–H and O–H groups in total. The summed E-state index contributed by atoms with van der Waals surface area (Å²) in [5.74, 6) is 0.940. The molecule has 1 fully saturated rings. The van der Waals surface area contributed by atoms with Crippen LogP contribution in [0.4, 0.5) is 5.82 Å². The molecule has 2 aromatic rings. The van der Waals surface area contributed by atoms with Gasteiger partial charge in [-0.1, -0.05) is 0 Å². The molecule has 1 aliphatic heterocycles. The van der Waals surface area contributed by atoms with Crippen molar-refractivity contribution >= 4 is 23.1 Å². The monoisotopic (exact) mass is 316 g/mol. The fraction of sp³-hybridized carbons (Fsp3) is 0.438. The molecule has 6 heteroatoms. The number of carbonyl (C=O) groups excluding carboxylic acids is 1. The second-order valence-electron chi connectivity index (χ2n) is 5.53. The van der Waals surface area contributed by atoms with Crippen LogP contribution >= 0.6 is 11.3 Å². The lowest BCUT2D eigenvalue weighted by molar-refractivity contribution is 0.0739. The molecule has 1 aliphatic rings. The van der Waals surface area contributed by atoms with Crippen molar-refractivity contribution in [3.05, 3.63) is 39.5 Å². The molecule has 3 rings (SSSR count). The molecule has 1 saturated heterocycles. The highest BCUT2D eigenvalue weighted by Gasteiger charge is 2.32. The number of carbonyl (C=O) groups is 1. The van der Waals surface area contributed by atoms with Crippen molar-refractivity contribution in [2.75, 3.05) is 18.9 Å². The number of aryl methyl sites for hydroxylation is 2. The molecule has 5 nitrogen and oxygen atoms in total. The highest BCUT2D eigenvalue weighted by Crippen LogP contribution is 2.35. The normalized spacial score (nSPS) is 17.8. The van der Waals surface area contributed by atoms with Crippen LogP contribution in [-0.2, 0) is 0 Å². The Morgan fingerprint density at radius 2 is 2.27 bits per heavy atom. The minimum atomic E-state index is 0.105. The Kier molecular flexibility index (Phi) is 4.11. The van der Waals surface area contributed by atoms with Crippen LogP contribution in [0.25, 0.3) is 0 Å². The van der Waals surface area contributed by atoms with Crippen molar-refractivity contribution in [1.82, 2.24) is 14.9 Å². The van der Waals surface area contributed by atoms with E-state index in [1.807, 2.05) is 37.9 Å². The Hall–Kier alpha value is -1.95. The molecule has 2 aromatic heterocycles. The number of hydrogen-bond donors (Lipinski definition) is 1. The maximum atomic E-state index is 12.9. The number of rotatable bonds is 3. The lowest BCUT2D eigenvalue weighted by Crippen LogP contribution is -2.30. The number of anilines is 1. The van der Waals surface area contributed by atoms with E-state index in [0.29, 0.717) is 0 Å². The van der Waals surface area contributed by atoms with Gasteiger partial charge in [-0.15, -0.1) is 11.3 Å². The summed E-state index contributed by atoms with van der Waals surface area (Å²) >= 11 is 1.49. The fourth-order valence-corrected chi connectivity index (χ4v) is 3.88. The first-order valence-corrected chi connectivity index (χ1v) is 8.30. The molecule has 0 aliphatic carbocycles. The molecule has 0 aromatic carbocycles. The van der Waals surface area contributed by atoms with Crippen LogP contribution in [0.1, 0.15) is 44.8 Å². The molecule has 0 saturated carbocycles. The summed E-state index contributed by atoms with van der Waals surface area (Å²) in [6.07, 6.45) is 3.82. The fourth-order valence-electron chi connectivity index (χ4n) is 3.01. The maximum absolute atomic E-state index is 12.9. The number of hydrogen-bond acceptors (Lipinski definition) is 5. The van der Waals surface area contributed by atoms with Gasteiger partial charge in [0.1, 0.15) is 10.7 Å². The van der Waals surface area contributed by atoms with Gasteiger partial charge in [0.2, 0.25) is 0 Å². The van der Waals surface area contributed by atoms with E-state index in [2.05, 4.69) is 15.3 Å². The predicted molar refractivity (Wildman–Crippen MR) is 88.4 cm³/mol. The van der Waals surface area contributed by atoms with Crippen molar-refractivity contribution in [2.45, 2.75) is 32.7 Å². The summed E-state index contributed by atoms with van der Waals surface area (Å²) in [6, 6.07) is 4.16. The number of pyridine rings is 1. The van der Waals surface area contributed by atoms with E-state index >= 15 is 0 Å². The van der Waals surface area contributed by atoms with E-state index in [9.17, 15) is 4.79 Å². The average Bonchev–Trinajstić information content (AvgIpc) is 3.13. The van der Waals surface area contributed by atoms with Crippen LogP contribution in [0.15, 0.2) is 18.3 Å². The van der Waals surface area contributed by atoms with Crippen LogP contribution in [0.2, 0.25) is 0 Å². The van der Waals surface area contributed by atoms with Crippen LogP contribution in [0.3, 0.4) is 0 Å². The first kappa shape index (κ1) is 15.0. The van der Waals surface area contributed by atoms with Crippen LogP contribution in [0.5, 0.6) is 0 Å². The smallest absolute Gasteiger partial charge is 0.266 e. The Labute approximate surface area is 134 Å². The largest absolute Gasteiger partial charge is 0.373 e. The Balaban J connectivity index is 1.89. The molecule has 0 unspecified atom stereocenters. The van der Waals surface area contributed by atoms with Crippen molar-refractivity contribution in [2.24, 2.45) is 0 Å². The summed E-state index contributed by atoms with van der Waals surface area (Å²) in [7, 11) is 1.85. The van der Waals surface area contributed by atoms with E-state index in [1.165, 1.54) is 11.3 Å². The number of nitrogens with zero attached hydrogens (tertiary/aromatic N) is 3.